The second-order valence-electron chi connectivity index (χ2n) is 7.61. The number of hydrogen-bond donors (Lipinski definition) is 1. The normalized spacial score (nSPS) is 17.0. The summed E-state index contributed by atoms with van der Waals surface area (Å²) in [6.07, 6.45) is 3.63. The monoisotopic (exact) mass is 431 g/mol. The molecule has 9 heteroatoms. The maximum atomic E-state index is 13.1. The molecule has 0 unspecified atom stereocenters. The molecule has 2 aromatic rings. The van der Waals surface area contributed by atoms with Crippen LogP contribution in [0.3, 0.4) is 0 Å². The third-order valence-electron chi connectivity index (χ3n) is 5.42. The average Bonchev–Trinajstić information content (AvgIpc) is 2.68. The minimum atomic E-state index is -3.88. The van der Waals surface area contributed by atoms with E-state index in [2.05, 4.69) is 5.32 Å². The van der Waals surface area contributed by atoms with Gasteiger partial charge in [-0.1, -0.05) is 30.3 Å². The van der Waals surface area contributed by atoms with Crippen molar-refractivity contribution in [2.24, 2.45) is 0 Å². The van der Waals surface area contributed by atoms with E-state index in [-0.39, 0.29) is 17.4 Å². The van der Waals surface area contributed by atoms with Crippen LogP contribution in [-0.4, -0.2) is 31.5 Å². The molecule has 0 saturated heterocycles. The van der Waals surface area contributed by atoms with Crippen molar-refractivity contribution in [1.29, 1.82) is 0 Å². The third-order valence-corrected chi connectivity index (χ3v) is 6.64. The molecule has 2 atom stereocenters. The van der Waals surface area contributed by atoms with Crippen LogP contribution in [0.1, 0.15) is 42.5 Å². The van der Waals surface area contributed by atoms with Gasteiger partial charge in [0.2, 0.25) is 15.9 Å². The molecule has 3 rings (SSSR count). The Morgan fingerprint density at radius 2 is 1.97 bits per heavy atom. The number of carbonyl (C=O) groups excluding carboxylic acids is 1. The molecule has 8 nitrogen and oxygen atoms in total. The highest BCUT2D eigenvalue weighted by Crippen LogP contribution is 2.31. The summed E-state index contributed by atoms with van der Waals surface area (Å²) >= 11 is 0. The minimum absolute atomic E-state index is 0.124. The van der Waals surface area contributed by atoms with Crippen LogP contribution >= 0.6 is 0 Å². The lowest BCUT2D eigenvalue weighted by molar-refractivity contribution is -0.384. The van der Waals surface area contributed by atoms with Gasteiger partial charge in [-0.2, -0.15) is 0 Å². The van der Waals surface area contributed by atoms with E-state index in [4.69, 9.17) is 0 Å². The molecule has 1 N–H and O–H groups in total. The Balaban J connectivity index is 1.92. The predicted octanol–water partition coefficient (Wildman–Crippen LogP) is 3.25. The second-order valence-corrected chi connectivity index (χ2v) is 9.47. The molecular formula is C21H25N3O5S. The number of nitro groups is 1. The van der Waals surface area contributed by atoms with Crippen molar-refractivity contribution in [3.63, 3.8) is 0 Å². The van der Waals surface area contributed by atoms with E-state index in [1.807, 2.05) is 24.3 Å². The molecule has 1 aliphatic rings. The van der Waals surface area contributed by atoms with Crippen LogP contribution in [0.2, 0.25) is 0 Å². The topological polar surface area (TPSA) is 110 Å². The number of non-ortho nitro benzene ring substituents is 1. The number of carbonyl (C=O) groups is 1. The zero-order valence-electron chi connectivity index (χ0n) is 17.2. The van der Waals surface area contributed by atoms with Gasteiger partial charge in [-0.25, -0.2) is 8.42 Å². The van der Waals surface area contributed by atoms with Crippen LogP contribution in [0.4, 0.5) is 11.4 Å². The Morgan fingerprint density at radius 3 is 2.63 bits per heavy atom. The fourth-order valence-corrected chi connectivity index (χ4v) is 5.15. The number of amides is 1. The van der Waals surface area contributed by atoms with Crippen molar-refractivity contribution in [2.45, 2.75) is 45.2 Å². The molecule has 0 aromatic heterocycles. The second kappa shape index (κ2) is 8.43. The van der Waals surface area contributed by atoms with E-state index < -0.39 is 26.9 Å². The number of sulfonamides is 1. The maximum Gasteiger partial charge on any atom is 0.271 e. The minimum Gasteiger partial charge on any atom is -0.347 e. The molecule has 1 amide bonds. The van der Waals surface area contributed by atoms with Gasteiger partial charge in [-0.05, 0) is 49.8 Å². The van der Waals surface area contributed by atoms with Gasteiger partial charge in [0.05, 0.1) is 22.9 Å². The molecule has 0 fully saturated rings. The molecule has 0 spiro atoms. The molecular weight excluding hydrogens is 406 g/mol. The zero-order valence-corrected chi connectivity index (χ0v) is 18.0. The highest BCUT2D eigenvalue weighted by atomic mass is 32.2. The maximum absolute atomic E-state index is 13.1. The summed E-state index contributed by atoms with van der Waals surface area (Å²) in [5.74, 6) is -0.451. The van der Waals surface area contributed by atoms with E-state index >= 15 is 0 Å². The number of hydrogen-bond acceptors (Lipinski definition) is 5. The molecule has 160 valence electrons. The Hall–Kier alpha value is -2.94. The number of fused-ring (bicyclic) bond motifs is 1. The standard InChI is InChI=1S/C21H25N3O5S/c1-14-11-12-17(24(26)27)13-20(14)23(30(3,28)29)15(2)21(25)22-19-10-6-8-16-7-4-5-9-18(16)19/h4-5,7,9,11-13,15,19H,6,8,10H2,1-3H3,(H,22,25)/t15-,19+/m1/s1. The Kier molecular flexibility index (Phi) is 6.12. The highest BCUT2D eigenvalue weighted by Gasteiger charge is 2.33. The fourth-order valence-electron chi connectivity index (χ4n) is 3.93. The van der Waals surface area contributed by atoms with Gasteiger partial charge in [0.15, 0.2) is 0 Å². The largest absolute Gasteiger partial charge is 0.347 e. The molecule has 30 heavy (non-hydrogen) atoms. The van der Waals surface area contributed by atoms with Crippen LogP contribution in [0.25, 0.3) is 0 Å². The van der Waals surface area contributed by atoms with Crippen molar-refractivity contribution in [1.82, 2.24) is 5.32 Å². The number of nitrogens with zero attached hydrogens (tertiary/aromatic N) is 2. The number of benzene rings is 2. The lowest BCUT2D eigenvalue weighted by atomic mass is 9.87. The number of rotatable bonds is 6. The summed E-state index contributed by atoms with van der Waals surface area (Å²) in [5.41, 5.74) is 2.63. The van der Waals surface area contributed by atoms with Gasteiger partial charge < -0.3 is 5.32 Å². The SMILES string of the molecule is Cc1ccc([N+](=O)[O-])cc1N([C@H](C)C(=O)N[C@H]1CCCc2ccccc21)S(C)(=O)=O. The summed E-state index contributed by atoms with van der Waals surface area (Å²) < 4.78 is 26.1. The van der Waals surface area contributed by atoms with Crippen molar-refractivity contribution < 1.29 is 18.1 Å². The summed E-state index contributed by atoms with van der Waals surface area (Å²) in [6, 6.07) is 10.6. The van der Waals surface area contributed by atoms with Gasteiger partial charge in [0.25, 0.3) is 5.69 Å². The van der Waals surface area contributed by atoms with Gasteiger partial charge in [0, 0.05) is 12.1 Å². The number of nitro benzene ring substituents is 1. The first-order valence-corrected chi connectivity index (χ1v) is 11.6. The van der Waals surface area contributed by atoms with E-state index in [1.165, 1.54) is 30.7 Å². The summed E-state index contributed by atoms with van der Waals surface area (Å²) in [4.78, 5) is 23.6. The molecule has 2 aromatic carbocycles. The van der Waals surface area contributed by atoms with Gasteiger partial charge in [0.1, 0.15) is 6.04 Å². The van der Waals surface area contributed by atoms with Crippen molar-refractivity contribution >= 4 is 27.3 Å². The van der Waals surface area contributed by atoms with Crippen LogP contribution < -0.4 is 9.62 Å². The Bertz CT molecular complexity index is 1080. The molecule has 0 saturated carbocycles. The van der Waals surface area contributed by atoms with Crippen LogP contribution in [0.15, 0.2) is 42.5 Å². The number of aryl methyl sites for hydroxylation is 2. The Morgan fingerprint density at radius 1 is 1.27 bits per heavy atom. The summed E-state index contributed by atoms with van der Waals surface area (Å²) in [7, 11) is -3.88. The van der Waals surface area contributed by atoms with Crippen LogP contribution in [0, 0.1) is 17.0 Å². The molecule has 1 aliphatic carbocycles. The lowest BCUT2D eigenvalue weighted by Gasteiger charge is -2.32. The van der Waals surface area contributed by atoms with E-state index in [1.54, 1.807) is 6.92 Å². The molecule has 0 heterocycles. The number of anilines is 1. The van der Waals surface area contributed by atoms with Crippen LogP contribution in [-0.2, 0) is 21.2 Å². The predicted molar refractivity (Wildman–Crippen MR) is 115 cm³/mol. The fraction of sp³-hybridized carbons (Fsp3) is 0.381. The van der Waals surface area contributed by atoms with Crippen molar-refractivity contribution in [3.8, 4) is 0 Å². The highest BCUT2D eigenvalue weighted by molar-refractivity contribution is 7.92. The van der Waals surface area contributed by atoms with Gasteiger partial charge >= 0.3 is 0 Å². The molecule has 0 aliphatic heterocycles. The first-order valence-electron chi connectivity index (χ1n) is 9.72. The number of nitrogens with one attached hydrogen (secondary N) is 1. The zero-order chi connectivity index (χ0) is 22.1. The van der Waals surface area contributed by atoms with E-state index in [9.17, 15) is 23.3 Å². The Labute approximate surface area is 176 Å². The summed E-state index contributed by atoms with van der Waals surface area (Å²) in [6.45, 7) is 3.14. The van der Waals surface area contributed by atoms with Crippen LogP contribution in [0.5, 0.6) is 0 Å². The lowest BCUT2D eigenvalue weighted by Crippen LogP contribution is -2.49. The molecule has 0 bridgehead atoms. The average molecular weight is 432 g/mol. The quantitative estimate of drug-likeness (QED) is 0.558. The van der Waals surface area contributed by atoms with Crippen molar-refractivity contribution in [3.05, 3.63) is 69.3 Å². The van der Waals surface area contributed by atoms with E-state index in [0.29, 0.717) is 5.56 Å². The third kappa shape index (κ3) is 4.46. The first-order chi connectivity index (χ1) is 14.1. The van der Waals surface area contributed by atoms with Gasteiger partial charge in [-0.3, -0.25) is 19.2 Å². The summed E-state index contributed by atoms with van der Waals surface area (Å²) in [5, 5.41) is 14.2. The van der Waals surface area contributed by atoms with Crippen molar-refractivity contribution in [2.75, 3.05) is 10.6 Å². The van der Waals surface area contributed by atoms with E-state index in [0.717, 1.165) is 35.4 Å². The smallest absolute Gasteiger partial charge is 0.271 e. The van der Waals surface area contributed by atoms with Gasteiger partial charge in [-0.15, -0.1) is 0 Å². The first kappa shape index (κ1) is 21.8. The molecule has 0 radical (unpaired) electrons.